The normalized spacial score (nSPS) is 22.4. The van der Waals surface area contributed by atoms with Gasteiger partial charge in [0.05, 0.1) is 13.2 Å². The zero-order valence-corrected chi connectivity index (χ0v) is 13.2. The molecule has 1 saturated heterocycles. The first kappa shape index (κ1) is 17.7. The first-order valence-electron chi connectivity index (χ1n) is 7.18. The fourth-order valence-corrected chi connectivity index (χ4v) is 2.37. The van der Waals surface area contributed by atoms with Crippen LogP contribution in [-0.2, 0) is 14.3 Å². The minimum absolute atomic E-state index is 0.477. The van der Waals surface area contributed by atoms with E-state index in [9.17, 15) is 14.7 Å². The number of esters is 1. The molecule has 1 aliphatic rings. The predicted octanol–water partition coefficient (Wildman–Crippen LogP) is 0.637. The van der Waals surface area contributed by atoms with Crippen molar-refractivity contribution in [2.24, 2.45) is 5.73 Å². The molecule has 122 valence electrons. The molecular weight excluding hydrogens is 276 g/mol. The molecule has 0 aromatic rings. The fraction of sp³-hybridized carbons (Fsp3) is 0.857. The highest BCUT2D eigenvalue weighted by Crippen LogP contribution is 2.23. The van der Waals surface area contributed by atoms with Gasteiger partial charge in [-0.3, -0.25) is 4.79 Å². The zero-order chi connectivity index (χ0) is 16.2. The number of piperidine rings is 1. The van der Waals surface area contributed by atoms with Gasteiger partial charge in [-0.25, -0.2) is 4.79 Å². The molecule has 0 aromatic carbocycles. The summed E-state index contributed by atoms with van der Waals surface area (Å²) < 4.78 is 9.88. The van der Waals surface area contributed by atoms with Gasteiger partial charge in [-0.1, -0.05) is 0 Å². The summed E-state index contributed by atoms with van der Waals surface area (Å²) in [5.74, 6) is -0.697. The van der Waals surface area contributed by atoms with Crippen LogP contribution in [0.1, 0.15) is 40.0 Å². The van der Waals surface area contributed by atoms with E-state index >= 15 is 0 Å². The fourth-order valence-electron chi connectivity index (χ4n) is 2.37. The molecule has 3 N–H and O–H groups in total. The molecule has 1 fully saturated rings. The van der Waals surface area contributed by atoms with Crippen LogP contribution in [0.5, 0.6) is 0 Å². The first-order chi connectivity index (χ1) is 9.67. The van der Waals surface area contributed by atoms with Crippen molar-refractivity contribution in [2.75, 3.05) is 13.7 Å². The molecule has 1 aliphatic heterocycles. The summed E-state index contributed by atoms with van der Waals surface area (Å²) in [5.41, 5.74) is 5.07. The highest BCUT2D eigenvalue weighted by Gasteiger charge is 2.39. The molecule has 0 unspecified atom stereocenters. The number of rotatable bonds is 3. The summed E-state index contributed by atoms with van der Waals surface area (Å²) in [6, 6.07) is -1.72. The van der Waals surface area contributed by atoms with E-state index in [0.29, 0.717) is 13.0 Å². The van der Waals surface area contributed by atoms with Crippen molar-refractivity contribution in [2.45, 2.75) is 63.8 Å². The second-order valence-corrected chi connectivity index (χ2v) is 6.28. The Bertz CT molecular complexity index is 380. The van der Waals surface area contributed by atoms with E-state index < -0.39 is 35.9 Å². The second-order valence-electron chi connectivity index (χ2n) is 6.28. The van der Waals surface area contributed by atoms with Crippen LogP contribution in [0.4, 0.5) is 4.79 Å². The highest BCUT2D eigenvalue weighted by atomic mass is 16.6. The Morgan fingerprint density at radius 3 is 2.48 bits per heavy atom. The molecule has 21 heavy (non-hydrogen) atoms. The van der Waals surface area contributed by atoms with Gasteiger partial charge < -0.3 is 25.2 Å². The molecule has 1 heterocycles. The summed E-state index contributed by atoms with van der Waals surface area (Å²) in [6.07, 6.45) is 0.587. The number of aliphatic hydroxyl groups is 1. The lowest BCUT2D eigenvalue weighted by Gasteiger charge is -2.40. The van der Waals surface area contributed by atoms with Crippen molar-refractivity contribution in [3.05, 3.63) is 0 Å². The van der Waals surface area contributed by atoms with Crippen molar-refractivity contribution in [3.63, 3.8) is 0 Å². The standard InChI is InChI=1S/C14H26N2O5/c1-14(2,3)21-13(19)16-8-6-5-7-9(16)11(17)10(15)12(18)20-4/h9-11,17H,5-8,15H2,1-4H3/t9-,10-,11+/m0/s1. The Hall–Kier alpha value is -1.34. The van der Waals surface area contributed by atoms with E-state index in [1.54, 1.807) is 20.8 Å². The van der Waals surface area contributed by atoms with Crippen LogP contribution in [0.15, 0.2) is 0 Å². The van der Waals surface area contributed by atoms with Crippen LogP contribution in [0.25, 0.3) is 0 Å². The summed E-state index contributed by atoms with van der Waals surface area (Å²) in [5, 5.41) is 10.3. The Morgan fingerprint density at radius 2 is 1.95 bits per heavy atom. The Labute approximate surface area is 125 Å². The van der Waals surface area contributed by atoms with E-state index in [0.717, 1.165) is 12.8 Å². The van der Waals surface area contributed by atoms with E-state index in [2.05, 4.69) is 4.74 Å². The Balaban J connectivity index is 2.81. The minimum Gasteiger partial charge on any atom is -0.468 e. The second kappa shape index (κ2) is 7.09. The van der Waals surface area contributed by atoms with Crippen LogP contribution in [0, 0.1) is 0 Å². The molecule has 0 aliphatic carbocycles. The third kappa shape index (κ3) is 4.86. The summed E-state index contributed by atoms with van der Waals surface area (Å²) >= 11 is 0. The maximum absolute atomic E-state index is 12.2. The topological polar surface area (TPSA) is 102 Å². The molecule has 3 atom stereocenters. The van der Waals surface area contributed by atoms with Crippen LogP contribution < -0.4 is 5.73 Å². The molecule has 1 amide bonds. The lowest BCUT2D eigenvalue weighted by atomic mass is 9.93. The molecule has 0 spiro atoms. The molecule has 1 rings (SSSR count). The summed E-state index contributed by atoms with van der Waals surface area (Å²) in [4.78, 5) is 25.1. The van der Waals surface area contributed by atoms with Crippen molar-refractivity contribution >= 4 is 12.1 Å². The van der Waals surface area contributed by atoms with Crippen LogP contribution in [-0.4, -0.2) is 59.5 Å². The zero-order valence-electron chi connectivity index (χ0n) is 13.2. The molecule has 7 heteroatoms. The van der Waals surface area contributed by atoms with Crippen LogP contribution in [0.2, 0.25) is 0 Å². The lowest BCUT2D eigenvalue weighted by molar-refractivity contribution is -0.146. The van der Waals surface area contributed by atoms with E-state index in [4.69, 9.17) is 10.5 Å². The molecule has 0 aromatic heterocycles. The SMILES string of the molecule is COC(=O)[C@@H](N)[C@H](O)[C@@H]1CCCCN1C(=O)OC(C)(C)C. The van der Waals surface area contributed by atoms with Crippen molar-refractivity contribution in [1.82, 2.24) is 4.90 Å². The molecule has 0 saturated carbocycles. The summed E-state index contributed by atoms with van der Waals surface area (Å²) in [7, 11) is 1.21. The van der Waals surface area contributed by atoms with Crippen LogP contribution >= 0.6 is 0 Å². The van der Waals surface area contributed by atoms with Gasteiger partial charge in [-0.15, -0.1) is 0 Å². The number of likely N-dealkylation sites (tertiary alicyclic amines) is 1. The van der Waals surface area contributed by atoms with Crippen LogP contribution in [0.3, 0.4) is 0 Å². The van der Waals surface area contributed by atoms with Gasteiger partial charge in [0.1, 0.15) is 17.7 Å². The number of nitrogens with two attached hydrogens (primary N) is 1. The van der Waals surface area contributed by atoms with Crippen molar-refractivity contribution < 1.29 is 24.2 Å². The number of carbonyl (C=O) groups excluding carboxylic acids is 2. The first-order valence-corrected chi connectivity index (χ1v) is 7.18. The number of amides is 1. The molecule has 7 nitrogen and oxygen atoms in total. The van der Waals surface area contributed by atoms with Gasteiger partial charge >= 0.3 is 12.1 Å². The minimum atomic E-state index is -1.18. The quantitative estimate of drug-likeness (QED) is 0.742. The predicted molar refractivity (Wildman–Crippen MR) is 76.6 cm³/mol. The van der Waals surface area contributed by atoms with Gasteiger partial charge in [-0.05, 0) is 40.0 Å². The summed E-state index contributed by atoms with van der Waals surface area (Å²) in [6.45, 7) is 5.81. The van der Waals surface area contributed by atoms with E-state index in [-0.39, 0.29) is 0 Å². The lowest BCUT2D eigenvalue weighted by Crippen LogP contribution is -2.58. The van der Waals surface area contributed by atoms with Gasteiger partial charge in [0.25, 0.3) is 0 Å². The molecule has 0 bridgehead atoms. The number of hydrogen-bond donors (Lipinski definition) is 2. The maximum atomic E-state index is 12.2. The number of ether oxygens (including phenoxy) is 2. The van der Waals surface area contributed by atoms with Crippen molar-refractivity contribution in [1.29, 1.82) is 0 Å². The number of nitrogens with zero attached hydrogens (tertiary/aromatic N) is 1. The Morgan fingerprint density at radius 1 is 1.33 bits per heavy atom. The van der Waals surface area contributed by atoms with Crippen molar-refractivity contribution in [3.8, 4) is 0 Å². The molecule has 0 radical (unpaired) electrons. The Kier molecular flexibility index (Phi) is 5.98. The van der Waals surface area contributed by atoms with E-state index in [1.807, 2.05) is 0 Å². The number of methoxy groups -OCH3 is 1. The third-order valence-electron chi connectivity index (χ3n) is 3.41. The smallest absolute Gasteiger partial charge is 0.410 e. The number of aliphatic hydroxyl groups excluding tert-OH is 1. The van der Waals surface area contributed by atoms with Gasteiger partial charge in [-0.2, -0.15) is 0 Å². The van der Waals surface area contributed by atoms with Gasteiger partial charge in [0, 0.05) is 6.54 Å². The molecular formula is C14H26N2O5. The third-order valence-corrected chi connectivity index (χ3v) is 3.41. The number of carbonyl (C=O) groups is 2. The average Bonchev–Trinajstić information content (AvgIpc) is 2.43. The average molecular weight is 302 g/mol. The van der Waals surface area contributed by atoms with Gasteiger partial charge in [0.2, 0.25) is 0 Å². The van der Waals surface area contributed by atoms with Gasteiger partial charge in [0.15, 0.2) is 0 Å². The maximum Gasteiger partial charge on any atom is 0.410 e. The monoisotopic (exact) mass is 302 g/mol. The largest absolute Gasteiger partial charge is 0.468 e. The highest BCUT2D eigenvalue weighted by molar-refractivity contribution is 5.76. The van der Waals surface area contributed by atoms with E-state index in [1.165, 1.54) is 12.0 Å². The number of hydrogen-bond acceptors (Lipinski definition) is 6.